The summed E-state index contributed by atoms with van der Waals surface area (Å²) in [6.45, 7) is 7.15. The number of nitrogens with one attached hydrogen (secondary N) is 1. The highest BCUT2D eigenvalue weighted by Crippen LogP contribution is 2.22. The Bertz CT molecular complexity index is 340. The summed E-state index contributed by atoms with van der Waals surface area (Å²) < 4.78 is 7.65. The summed E-state index contributed by atoms with van der Waals surface area (Å²) in [5, 5.41) is 3.32. The molecule has 0 spiro atoms. The summed E-state index contributed by atoms with van der Waals surface area (Å²) in [5.41, 5.74) is 1.21. The second kappa shape index (κ2) is 4.55. The lowest BCUT2D eigenvalue weighted by Crippen LogP contribution is -2.35. The van der Waals surface area contributed by atoms with Gasteiger partial charge in [0, 0.05) is 25.3 Å². The molecule has 4 heteroatoms. The minimum absolute atomic E-state index is 0.0318. The molecule has 0 amide bonds. The zero-order valence-corrected chi connectivity index (χ0v) is 10.4. The van der Waals surface area contributed by atoms with E-state index in [9.17, 15) is 0 Å². The van der Waals surface area contributed by atoms with Gasteiger partial charge in [-0.3, -0.25) is 0 Å². The van der Waals surface area contributed by atoms with Crippen molar-refractivity contribution >= 4 is 0 Å². The molecular formula is C12H21N3O. The number of aromatic nitrogens is 2. The monoisotopic (exact) mass is 223 g/mol. The summed E-state index contributed by atoms with van der Waals surface area (Å²) >= 11 is 0. The van der Waals surface area contributed by atoms with Crippen LogP contribution in [0.3, 0.4) is 0 Å². The lowest BCUT2D eigenvalue weighted by molar-refractivity contribution is 0.182. The molecule has 1 fully saturated rings. The maximum Gasteiger partial charge on any atom is 0.0948 e. The van der Waals surface area contributed by atoms with Gasteiger partial charge in [-0.15, -0.1) is 0 Å². The Balaban J connectivity index is 2.12. The average molecular weight is 223 g/mol. The van der Waals surface area contributed by atoms with E-state index in [1.807, 2.05) is 19.6 Å². The average Bonchev–Trinajstić information content (AvgIpc) is 2.89. The fourth-order valence-corrected chi connectivity index (χ4v) is 2.12. The Morgan fingerprint density at radius 3 is 3.06 bits per heavy atom. The van der Waals surface area contributed by atoms with Gasteiger partial charge in [0.1, 0.15) is 0 Å². The zero-order chi connectivity index (χ0) is 11.6. The molecule has 1 saturated heterocycles. The first-order chi connectivity index (χ1) is 7.63. The van der Waals surface area contributed by atoms with Gasteiger partial charge in [0.15, 0.2) is 0 Å². The third-order valence-corrected chi connectivity index (χ3v) is 3.46. The second-order valence-electron chi connectivity index (χ2n) is 5.04. The maximum absolute atomic E-state index is 5.41. The molecule has 2 heterocycles. The molecule has 0 aromatic carbocycles. The SMILES string of the molecule is CNC(C)(C)c1cncn1CC1CCOC1. The van der Waals surface area contributed by atoms with Gasteiger partial charge in [-0.2, -0.15) is 0 Å². The molecule has 2 rings (SSSR count). The van der Waals surface area contributed by atoms with Crippen LogP contribution in [0, 0.1) is 5.92 Å². The summed E-state index contributed by atoms with van der Waals surface area (Å²) in [4.78, 5) is 4.26. The molecule has 1 aliphatic rings. The number of hydrogen-bond acceptors (Lipinski definition) is 3. The van der Waals surface area contributed by atoms with Gasteiger partial charge in [-0.05, 0) is 27.3 Å². The third kappa shape index (κ3) is 2.28. The first kappa shape index (κ1) is 11.6. The van der Waals surface area contributed by atoms with Crippen molar-refractivity contribution in [1.29, 1.82) is 0 Å². The van der Waals surface area contributed by atoms with Crippen LogP contribution < -0.4 is 5.32 Å². The van der Waals surface area contributed by atoms with E-state index in [-0.39, 0.29) is 5.54 Å². The van der Waals surface area contributed by atoms with Crippen molar-refractivity contribution in [1.82, 2.24) is 14.9 Å². The highest BCUT2D eigenvalue weighted by molar-refractivity contribution is 5.11. The standard InChI is InChI=1S/C12H21N3O/c1-12(2,13-3)11-6-14-9-15(11)7-10-4-5-16-8-10/h6,9-10,13H,4-5,7-8H2,1-3H3. The zero-order valence-electron chi connectivity index (χ0n) is 10.4. The number of rotatable bonds is 4. The van der Waals surface area contributed by atoms with Gasteiger partial charge in [-0.25, -0.2) is 4.98 Å². The van der Waals surface area contributed by atoms with Gasteiger partial charge in [-0.1, -0.05) is 0 Å². The highest BCUT2D eigenvalue weighted by Gasteiger charge is 2.24. The van der Waals surface area contributed by atoms with Crippen LogP contribution in [0.15, 0.2) is 12.5 Å². The van der Waals surface area contributed by atoms with E-state index in [1.54, 1.807) is 0 Å². The van der Waals surface area contributed by atoms with E-state index in [1.165, 1.54) is 5.69 Å². The summed E-state index contributed by atoms with van der Waals surface area (Å²) in [6, 6.07) is 0. The predicted molar refractivity (Wildman–Crippen MR) is 63.2 cm³/mol. The van der Waals surface area contributed by atoms with Crippen LogP contribution in [-0.4, -0.2) is 29.8 Å². The fourth-order valence-electron chi connectivity index (χ4n) is 2.12. The van der Waals surface area contributed by atoms with Crippen molar-refractivity contribution in [2.45, 2.75) is 32.4 Å². The summed E-state index contributed by atoms with van der Waals surface area (Å²) in [5.74, 6) is 0.639. The third-order valence-electron chi connectivity index (χ3n) is 3.46. The number of ether oxygens (including phenoxy) is 1. The Hall–Kier alpha value is -0.870. The molecule has 1 aliphatic heterocycles. The van der Waals surface area contributed by atoms with Crippen LogP contribution in [0.1, 0.15) is 26.0 Å². The van der Waals surface area contributed by atoms with Crippen LogP contribution in [0.5, 0.6) is 0 Å². The molecule has 1 atom stereocenters. The Kier molecular flexibility index (Phi) is 3.30. The van der Waals surface area contributed by atoms with E-state index in [2.05, 4.69) is 28.7 Å². The van der Waals surface area contributed by atoms with E-state index in [4.69, 9.17) is 4.74 Å². The molecule has 90 valence electrons. The molecule has 1 unspecified atom stereocenters. The lowest BCUT2D eigenvalue weighted by Gasteiger charge is -2.26. The minimum atomic E-state index is -0.0318. The van der Waals surface area contributed by atoms with Crippen molar-refractivity contribution in [2.75, 3.05) is 20.3 Å². The van der Waals surface area contributed by atoms with Gasteiger partial charge >= 0.3 is 0 Å². The molecule has 1 aromatic heterocycles. The fraction of sp³-hybridized carbons (Fsp3) is 0.750. The normalized spacial score (nSPS) is 21.6. The first-order valence-electron chi connectivity index (χ1n) is 5.91. The molecule has 16 heavy (non-hydrogen) atoms. The molecule has 4 nitrogen and oxygen atoms in total. The van der Waals surface area contributed by atoms with Crippen LogP contribution >= 0.6 is 0 Å². The highest BCUT2D eigenvalue weighted by atomic mass is 16.5. The smallest absolute Gasteiger partial charge is 0.0948 e. The molecule has 0 aliphatic carbocycles. The molecule has 1 N–H and O–H groups in total. The quantitative estimate of drug-likeness (QED) is 0.838. The van der Waals surface area contributed by atoms with E-state index < -0.39 is 0 Å². The van der Waals surface area contributed by atoms with E-state index in [0.29, 0.717) is 5.92 Å². The van der Waals surface area contributed by atoms with Gasteiger partial charge in [0.25, 0.3) is 0 Å². The van der Waals surface area contributed by atoms with E-state index >= 15 is 0 Å². The van der Waals surface area contributed by atoms with Crippen molar-refractivity contribution in [3.8, 4) is 0 Å². The topological polar surface area (TPSA) is 39.1 Å². The van der Waals surface area contributed by atoms with Crippen LogP contribution in [0.2, 0.25) is 0 Å². The summed E-state index contributed by atoms with van der Waals surface area (Å²) in [7, 11) is 1.98. The van der Waals surface area contributed by atoms with Gasteiger partial charge in [0.2, 0.25) is 0 Å². The van der Waals surface area contributed by atoms with Crippen molar-refractivity contribution in [2.24, 2.45) is 5.92 Å². The molecule has 0 saturated carbocycles. The Labute approximate surface area is 97.0 Å². The second-order valence-corrected chi connectivity index (χ2v) is 5.04. The van der Waals surface area contributed by atoms with Crippen LogP contribution in [-0.2, 0) is 16.8 Å². The van der Waals surface area contributed by atoms with Gasteiger partial charge in [0.05, 0.1) is 24.2 Å². The lowest BCUT2D eigenvalue weighted by atomic mass is 10.0. The number of imidazole rings is 1. The van der Waals surface area contributed by atoms with Crippen molar-refractivity contribution < 1.29 is 4.74 Å². The Morgan fingerprint density at radius 1 is 1.62 bits per heavy atom. The maximum atomic E-state index is 5.41. The summed E-state index contributed by atoms with van der Waals surface area (Å²) in [6.07, 6.45) is 5.04. The predicted octanol–water partition coefficient (Wildman–Crippen LogP) is 1.37. The Morgan fingerprint density at radius 2 is 2.44 bits per heavy atom. The molecule has 0 radical (unpaired) electrons. The van der Waals surface area contributed by atoms with Crippen molar-refractivity contribution in [3.63, 3.8) is 0 Å². The van der Waals surface area contributed by atoms with Crippen LogP contribution in [0.25, 0.3) is 0 Å². The van der Waals surface area contributed by atoms with E-state index in [0.717, 1.165) is 26.2 Å². The first-order valence-corrected chi connectivity index (χ1v) is 5.91. The minimum Gasteiger partial charge on any atom is -0.381 e. The molecule has 0 bridgehead atoms. The van der Waals surface area contributed by atoms with Crippen LogP contribution in [0.4, 0.5) is 0 Å². The molecular weight excluding hydrogens is 202 g/mol. The number of nitrogens with zero attached hydrogens (tertiary/aromatic N) is 2. The van der Waals surface area contributed by atoms with Gasteiger partial charge < -0.3 is 14.6 Å². The largest absolute Gasteiger partial charge is 0.381 e. The molecule has 1 aromatic rings. The number of hydrogen-bond donors (Lipinski definition) is 1. The van der Waals surface area contributed by atoms with Crippen molar-refractivity contribution in [3.05, 3.63) is 18.2 Å².